The maximum Gasteiger partial charge on any atom is 0.274 e. The molecule has 0 aliphatic carbocycles. The number of anilines is 1. The number of benzene rings is 1. The fourth-order valence-corrected chi connectivity index (χ4v) is 1.75. The van der Waals surface area contributed by atoms with E-state index in [0.717, 1.165) is 11.3 Å². The molecular formula is C14H13N7O. The summed E-state index contributed by atoms with van der Waals surface area (Å²) in [7, 11) is 0. The molecular weight excluding hydrogens is 282 g/mol. The van der Waals surface area contributed by atoms with Crippen molar-refractivity contribution < 1.29 is 0 Å². The summed E-state index contributed by atoms with van der Waals surface area (Å²) in [5.74, 6) is 0.194. The number of rotatable bonds is 4. The number of aryl methyl sites for hydroxylation is 1. The van der Waals surface area contributed by atoms with E-state index in [9.17, 15) is 4.79 Å². The average molecular weight is 295 g/mol. The van der Waals surface area contributed by atoms with Gasteiger partial charge in [0.05, 0.1) is 11.9 Å². The Morgan fingerprint density at radius 2 is 2.09 bits per heavy atom. The van der Waals surface area contributed by atoms with Crippen LogP contribution in [-0.4, -0.2) is 31.2 Å². The minimum atomic E-state index is -0.295. The van der Waals surface area contributed by atoms with Crippen LogP contribution in [0.3, 0.4) is 0 Å². The second-order valence-corrected chi connectivity index (χ2v) is 4.50. The van der Waals surface area contributed by atoms with Gasteiger partial charge in [0.15, 0.2) is 0 Å². The number of H-pyrrole nitrogens is 1. The van der Waals surface area contributed by atoms with Crippen molar-refractivity contribution in [1.82, 2.24) is 25.0 Å². The van der Waals surface area contributed by atoms with Crippen LogP contribution in [-0.2, 0) is 0 Å². The molecule has 2 aromatic heterocycles. The van der Waals surface area contributed by atoms with Crippen molar-refractivity contribution in [2.75, 3.05) is 5.43 Å². The van der Waals surface area contributed by atoms with Crippen molar-refractivity contribution in [3.05, 3.63) is 64.3 Å². The van der Waals surface area contributed by atoms with Gasteiger partial charge in [-0.05, 0) is 30.7 Å². The molecule has 0 saturated carbocycles. The van der Waals surface area contributed by atoms with E-state index in [1.54, 1.807) is 24.0 Å². The SMILES string of the molecule is Cc1nnc(N/N=C/c2ccc(-n3cccn3)cc2)[nH]c1=O. The van der Waals surface area contributed by atoms with E-state index in [2.05, 4.69) is 30.8 Å². The van der Waals surface area contributed by atoms with Gasteiger partial charge in [-0.3, -0.25) is 9.78 Å². The maximum atomic E-state index is 11.4. The zero-order valence-corrected chi connectivity index (χ0v) is 11.8. The second kappa shape index (κ2) is 6.00. The highest BCUT2D eigenvalue weighted by Crippen LogP contribution is 2.07. The molecule has 1 aromatic carbocycles. The smallest absolute Gasteiger partial charge is 0.274 e. The number of hydrazone groups is 1. The lowest BCUT2D eigenvalue weighted by Gasteiger charge is -2.01. The molecule has 0 saturated heterocycles. The zero-order chi connectivity index (χ0) is 15.4. The number of aromatic amines is 1. The zero-order valence-electron chi connectivity index (χ0n) is 11.8. The molecule has 0 aliphatic heterocycles. The molecule has 110 valence electrons. The molecule has 2 N–H and O–H groups in total. The van der Waals surface area contributed by atoms with Gasteiger partial charge in [0, 0.05) is 12.4 Å². The molecule has 0 atom stereocenters. The third kappa shape index (κ3) is 3.06. The lowest BCUT2D eigenvalue weighted by molar-refractivity contribution is 0.880. The molecule has 22 heavy (non-hydrogen) atoms. The lowest BCUT2D eigenvalue weighted by Crippen LogP contribution is -2.15. The minimum absolute atomic E-state index is 0.194. The Bertz CT molecular complexity index is 834. The van der Waals surface area contributed by atoms with Crippen LogP contribution >= 0.6 is 0 Å². The molecule has 0 unspecified atom stereocenters. The number of hydrogen-bond donors (Lipinski definition) is 2. The Morgan fingerprint density at radius 1 is 1.27 bits per heavy atom. The summed E-state index contributed by atoms with van der Waals surface area (Å²) >= 11 is 0. The largest absolute Gasteiger partial charge is 0.288 e. The van der Waals surface area contributed by atoms with E-state index in [0.29, 0.717) is 5.69 Å². The topological polar surface area (TPSA) is 101 Å². The molecule has 0 spiro atoms. The van der Waals surface area contributed by atoms with Gasteiger partial charge in [-0.15, -0.1) is 10.2 Å². The summed E-state index contributed by atoms with van der Waals surface area (Å²) in [6, 6.07) is 9.55. The highest BCUT2D eigenvalue weighted by Gasteiger charge is 1.98. The van der Waals surface area contributed by atoms with Crippen LogP contribution < -0.4 is 11.0 Å². The van der Waals surface area contributed by atoms with Crippen LogP contribution in [0.2, 0.25) is 0 Å². The van der Waals surface area contributed by atoms with Gasteiger partial charge < -0.3 is 0 Å². The van der Waals surface area contributed by atoms with E-state index in [-0.39, 0.29) is 11.5 Å². The van der Waals surface area contributed by atoms with Crippen molar-refractivity contribution in [3.8, 4) is 5.69 Å². The number of hydrogen-bond acceptors (Lipinski definition) is 6. The highest BCUT2D eigenvalue weighted by atomic mass is 16.1. The van der Waals surface area contributed by atoms with Gasteiger partial charge in [0.2, 0.25) is 5.95 Å². The summed E-state index contributed by atoms with van der Waals surface area (Å²) in [6.07, 6.45) is 5.21. The number of aromatic nitrogens is 5. The van der Waals surface area contributed by atoms with Crippen LogP contribution in [0.15, 0.2) is 52.6 Å². The van der Waals surface area contributed by atoms with Crippen molar-refractivity contribution >= 4 is 12.2 Å². The molecule has 8 nitrogen and oxygen atoms in total. The predicted octanol–water partition coefficient (Wildman–Crippen LogP) is 1.11. The normalized spacial score (nSPS) is 11.0. The number of nitrogens with zero attached hydrogens (tertiary/aromatic N) is 5. The van der Waals surface area contributed by atoms with Gasteiger partial charge >= 0.3 is 0 Å². The average Bonchev–Trinajstić information content (AvgIpc) is 3.06. The molecule has 3 rings (SSSR count). The summed E-state index contributed by atoms with van der Waals surface area (Å²) in [5.41, 5.74) is 4.50. The van der Waals surface area contributed by atoms with Gasteiger partial charge in [0.1, 0.15) is 5.69 Å². The van der Waals surface area contributed by atoms with Gasteiger partial charge in [-0.1, -0.05) is 12.1 Å². The first-order valence-corrected chi connectivity index (χ1v) is 6.55. The van der Waals surface area contributed by atoms with E-state index < -0.39 is 0 Å². The molecule has 0 bridgehead atoms. The van der Waals surface area contributed by atoms with E-state index in [1.807, 2.05) is 36.5 Å². The summed E-state index contributed by atoms with van der Waals surface area (Å²) in [5, 5.41) is 15.6. The van der Waals surface area contributed by atoms with Crippen molar-refractivity contribution in [1.29, 1.82) is 0 Å². The van der Waals surface area contributed by atoms with Crippen molar-refractivity contribution in [2.24, 2.45) is 5.10 Å². The molecule has 3 aromatic rings. The highest BCUT2D eigenvalue weighted by molar-refractivity contribution is 5.80. The molecule has 0 amide bonds. The maximum absolute atomic E-state index is 11.4. The van der Waals surface area contributed by atoms with E-state index in [4.69, 9.17) is 0 Å². The van der Waals surface area contributed by atoms with E-state index >= 15 is 0 Å². The molecule has 0 radical (unpaired) electrons. The first-order chi connectivity index (χ1) is 10.7. The standard InChI is InChI=1S/C14H13N7O/c1-10-13(22)17-14(20-18-10)19-15-9-11-3-5-12(6-4-11)21-8-2-7-16-21/h2-9H,1H3,(H2,17,19,20,22)/b15-9+. The van der Waals surface area contributed by atoms with Crippen LogP contribution in [0.25, 0.3) is 5.69 Å². The lowest BCUT2D eigenvalue weighted by atomic mass is 10.2. The third-order valence-corrected chi connectivity index (χ3v) is 2.91. The minimum Gasteiger partial charge on any atom is -0.288 e. The Morgan fingerprint density at radius 3 is 2.77 bits per heavy atom. The quantitative estimate of drug-likeness (QED) is 0.554. The summed E-state index contributed by atoms with van der Waals surface area (Å²) < 4.78 is 1.77. The van der Waals surface area contributed by atoms with Crippen molar-refractivity contribution in [3.63, 3.8) is 0 Å². The van der Waals surface area contributed by atoms with Crippen LogP contribution in [0, 0.1) is 6.92 Å². The first kappa shape index (κ1) is 13.7. The summed E-state index contributed by atoms with van der Waals surface area (Å²) in [6.45, 7) is 1.58. The van der Waals surface area contributed by atoms with Gasteiger partial charge in [-0.2, -0.15) is 10.2 Å². The fraction of sp³-hybridized carbons (Fsp3) is 0.0714. The molecule has 8 heteroatoms. The predicted molar refractivity (Wildman–Crippen MR) is 82.2 cm³/mol. The molecule has 2 heterocycles. The number of nitrogens with one attached hydrogen (secondary N) is 2. The second-order valence-electron chi connectivity index (χ2n) is 4.50. The monoisotopic (exact) mass is 295 g/mol. The Labute approximate surface area is 125 Å². The van der Waals surface area contributed by atoms with E-state index in [1.165, 1.54) is 0 Å². The molecule has 0 fully saturated rings. The fourth-order valence-electron chi connectivity index (χ4n) is 1.75. The van der Waals surface area contributed by atoms with Crippen LogP contribution in [0.5, 0.6) is 0 Å². The first-order valence-electron chi connectivity index (χ1n) is 6.55. The third-order valence-electron chi connectivity index (χ3n) is 2.91. The Hall–Kier alpha value is -3.29. The van der Waals surface area contributed by atoms with Crippen LogP contribution in [0.1, 0.15) is 11.3 Å². The van der Waals surface area contributed by atoms with Gasteiger partial charge in [-0.25, -0.2) is 10.1 Å². The summed E-state index contributed by atoms with van der Waals surface area (Å²) in [4.78, 5) is 13.9. The van der Waals surface area contributed by atoms with Crippen LogP contribution in [0.4, 0.5) is 5.95 Å². The Kier molecular flexibility index (Phi) is 3.73. The van der Waals surface area contributed by atoms with Gasteiger partial charge in [0.25, 0.3) is 5.56 Å². The molecule has 0 aliphatic rings. The van der Waals surface area contributed by atoms with Crippen molar-refractivity contribution in [2.45, 2.75) is 6.92 Å². The Balaban J connectivity index is 1.67.